The Labute approximate surface area is 95.2 Å². The van der Waals surface area contributed by atoms with Crippen LogP contribution in [0.3, 0.4) is 0 Å². The van der Waals surface area contributed by atoms with Crippen LogP contribution in [-0.4, -0.2) is 34.5 Å². The fourth-order valence-corrected chi connectivity index (χ4v) is 2.76. The molecule has 3 fully saturated rings. The van der Waals surface area contributed by atoms with Gasteiger partial charge in [-0.05, 0) is 33.3 Å². The molecule has 1 unspecified atom stereocenters. The van der Waals surface area contributed by atoms with Gasteiger partial charge in [0.1, 0.15) is 5.60 Å². The Balaban J connectivity index is 1.79. The second kappa shape index (κ2) is 2.80. The van der Waals surface area contributed by atoms with Gasteiger partial charge in [-0.3, -0.25) is 4.90 Å². The molecular weight excluding hydrogens is 206 g/mol. The predicted molar refractivity (Wildman–Crippen MR) is 57.8 cm³/mol. The minimum Gasteiger partial charge on any atom is -0.444 e. The third kappa shape index (κ3) is 1.29. The summed E-state index contributed by atoms with van der Waals surface area (Å²) in [4.78, 5) is 13.8. The summed E-state index contributed by atoms with van der Waals surface area (Å²) in [5, 5.41) is 0. The topological polar surface area (TPSA) is 38.8 Å². The number of ether oxygens (including phenoxy) is 2. The Kier molecular flexibility index (Phi) is 1.78. The molecule has 1 spiro atoms. The van der Waals surface area contributed by atoms with Gasteiger partial charge in [0.15, 0.2) is 5.72 Å². The van der Waals surface area contributed by atoms with E-state index in [1.54, 1.807) is 4.90 Å². The van der Waals surface area contributed by atoms with Gasteiger partial charge in [-0.25, -0.2) is 4.79 Å². The molecule has 0 aliphatic carbocycles. The summed E-state index contributed by atoms with van der Waals surface area (Å²) in [5.74, 6) is 0. The largest absolute Gasteiger partial charge is 0.444 e. The Morgan fingerprint density at radius 1 is 1.56 bits per heavy atom. The van der Waals surface area contributed by atoms with Gasteiger partial charge in [-0.15, -0.1) is 0 Å². The number of rotatable bonds is 0. The standard InChI is InChI=1S/C12H17NO3/c1-11(2,3)16-10(14)13-8-4-5-12(13)7-9(6-8)15-12/h4-5,8-9H,6-7H2,1-3H3/t8-,9?,12+/m1/s1. The van der Waals surface area contributed by atoms with Crippen LogP contribution in [0.15, 0.2) is 12.2 Å². The third-order valence-electron chi connectivity index (χ3n) is 3.30. The molecule has 4 nitrogen and oxygen atoms in total. The van der Waals surface area contributed by atoms with E-state index in [0.29, 0.717) is 6.10 Å². The van der Waals surface area contributed by atoms with Crippen molar-refractivity contribution in [3.63, 3.8) is 0 Å². The fourth-order valence-electron chi connectivity index (χ4n) is 2.76. The Morgan fingerprint density at radius 3 is 2.81 bits per heavy atom. The van der Waals surface area contributed by atoms with E-state index in [2.05, 4.69) is 6.08 Å². The second-order valence-electron chi connectivity index (χ2n) is 5.80. The number of nitrogens with zero attached hydrogens (tertiary/aromatic N) is 1. The van der Waals surface area contributed by atoms with Gasteiger partial charge >= 0.3 is 6.09 Å². The van der Waals surface area contributed by atoms with Crippen molar-refractivity contribution in [3.8, 4) is 0 Å². The van der Waals surface area contributed by atoms with Crippen LogP contribution in [0, 0.1) is 0 Å². The third-order valence-corrected chi connectivity index (χ3v) is 3.30. The van der Waals surface area contributed by atoms with Crippen molar-refractivity contribution in [2.24, 2.45) is 0 Å². The van der Waals surface area contributed by atoms with Gasteiger partial charge in [0.25, 0.3) is 0 Å². The Morgan fingerprint density at radius 2 is 2.25 bits per heavy atom. The zero-order valence-electron chi connectivity index (χ0n) is 9.90. The van der Waals surface area contributed by atoms with Crippen LogP contribution >= 0.6 is 0 Å². The molecule has 4 heteroatoms. The lowest BCUT2D eigenvalue weighted by atomic mass is 9.90. The van der Waals surface area contributed by atoms with E-state index < -0.39 is 11.3 Å². The van der Waals surface area contributed by atoms with Gasteiger partial charge in [-0.2, -0.15) is 0 Å². The summed E-state index contributed by atoms with van der Waals surface area (Å²) in [7, 11) is 0. The lowest BCUT2D eigenvalue weighted by Gasteiger charge is -2.56. The van der Waals surface area contributed by atoms with Crippen molar-refractivity contribution in [2.75, 3.05) is 0 Å². The summed E-state index contributed by atoms with van der Waals surface area (Å²) in [6.45, 7) is 5.64. The minimum atomic E-state index is -0.476. The molecule has 16 heavy (non-hydrogen) atoms. The highest BCUT2D eigenvalue weighted by Gasteiger charge is 2.61. The van der Waals surface area contributed by atoms with Gasteiger partial charge in [0.2, 0.25) is 0 Å². The van der Waals surface area contributed by atoms with Crippen LogP contribution in [0.5, 0.6) is 0 Å². The molecule has 3 atom stereocenters. The van der Waals surface area contributed by atoms with E-state index in [1.165, 1.54) is 0 Å². The normalized spacial score (nSPS) is 39.6. The first-order chi connectivity index (χ1) is 7.40. The van der Waals surface area contributed by atoms with Crippen molar-refractivity contribution < 1.29 is 14.3 Å². The van der Waals surface area contributed by atoms with Crippen molar-refractivity contribution in [2.45, 2.75) is 57.1 Å². The molecule has 4 aliphatic rings. The van der Waals surface area contributed by atoms with E-state index in [0.717, 1.165) is 12.8 Å². The summed E-state index contributed by atoms with van der Waals surface area (Å²) >= 11 is 0. The highest BCUT2D eigenvalue weighted by molar-refractivity contribution is 5.72. The summed E-state index contributed by atoms with van der Waals surface area (Å²) in [5.41, 5.74) is -0.927. The molecule has 0 radical (unpaired) electrons. The molecular formula is C12H17NO3. The molecule has 4 heterocycles. The molecule has 1 amide bonds. The van der Waals surface area contributed by atoms with Crippen LogP contribution in [0.1, 0.15) is 33.6 Å². The van der Waals surface area contributed by atoms with Crippen LogP contribution < -0.4 is 0 Å². The maximum atomic E-state index is 12.1. The van der Waals surface area contributed by atoms with Gasteiger partial charge in [0, 0.05) is 6.42 Å². The number of piperidine rings is 1. The predicted octanol–water partition coefficient (Wildman–Crippen LogP) is 2.05. The zero-order valence-corrected chi connectivity index (χ0v) is 9.90. The van der Waals surface area contributed by atoms with Crippen LogP contribution in [0.4, 0.5) is 4.79 Å². The highest BCUT2D eigenvalue weighted by atomic mass is 16.6. The van der Waals surface area contributed by atoms with E-state index >= 15 is 0 Å². The number of carbonyl (C=O) groups excluding carboxylic acids is 1. The molecule has 3 saturated heterocycles. The number of carbonyl (C=O) groups is 1. The minimum absolute atomic E-state index is 0.169. The average molecular weight is 223 g/mol. The average Bonchev–Trinajstić information content (AvgIpc) is 2.23. The Hall–Kier alpha value is -1.03. The number of hydrogen-bond acceptors (Lipinski definition) is 3. The van der Waals surface area contributed by atoms with Crippen molar-refractivity contribution in [1.82, 2.24) is 4.90 Å². The van der Waals surface area contributed by atoms with Gasteiger partial charge in [0.05, 0.1) is 12.1 Å². The highest BCUT2D eigenvalue weighted by Crippen LogP contribution is 2.50. The quantitative estimate of drug-likeness (QED) is 0.590. The summed E-state index contributed by atoms with van der Waals surface area (Å²) in [6, 6.07) is 0.169. The zero-order chi connectivity index (χ0) is 11.6. The molecule has 0 aromatic heterocycles. The monoisotopic (exact) mass is 223 g/mol. The molecule has 3 bridgehead atoms. The summed E-state index contributed by atoms with van der Waals surface area (Å²) in [6.07, 6.45) is 5.96. The number of amides is 1. The lowest BCUT2D eigenvalue weighted by molar-refractivity contribution is -0.276. The van der Waals surface area contributed by atoms with Crippen LogP contribution in [0.2, 0.25) is 0 Å². The Bertz CT molecular complexity index is 360. The van der Waals surface area contributed by atoms with Crippen molar-refractivity contribution >= 4 is 6.09 Å². The maximum Gasteiger partial charge on any atom is 0.413 e. The number of hydrogen-bond donors (Lipinski definition) is 0. The maximum absolute atomic E-state index is 12.1. The first-order valence-electron chi connectivity index (χ1n) is 5.79. The molecule has 88 valence electrons. The molecule has 0 aromatic carbocycles. The lowest BCUT2D eigenvalue weighted by Crippen LogP contribution is -2.68. The van der Waals surface area contributed by atoms with E-state index in [1.807, 2.05) is 26.8 Å². The SMILES string of the molecule is CC(C)(C)OC(=O)N1[C@@H]2C=C[C@]13CC(C2)O3. The van der Waals surface area contributed by atoms with E-state index in [9.17, 15) is 4.79 Å². The van der Waals surface area contributed by atoms with Gasteiger partial charge < -0.3 is 9.47 Å². The molecule has 4 rings (SSSR count). The first kappa shape index (κ1) is 10.1. The van der Waals surface area contributed by atoms with Gasteiger partial charge in [-0.1, -0.05) is 6.08 Å². The van der Waals surface area contributed by atoms with Crippen LogP contribution in [-0.2, 0) is 9.47 Å². The summed E-state index contributed by atoms with van der Waals surface area (Å²) < 4.78 is 11.2. The van der Waals surface area contributed by atoms with E-state index in [-0.39, 0.29) is 12.1 Å². The van der Waals surface area contributed by atoms with Crippen LogP contribution in [0.25, 0.3) is 0 Å². The second-order valence-corrected chi connectivity index (χ2v) is 5.80. The molecule has 0 N–H and O–H groups in total. The first-order valence-corrected chi connectivity index (χ1v) is 5.79. The molecule has 4 aliphatic heterocycles. The molecule has 0 aromatic rings. The fraction of sp³-hybridized carbons (Fsp3) is 0.750. The van der Waals surface area contributed by atoms with Crippen molar-refractivity contribution in [1.29, 1.82) is 0 Å². The van der Waals surface area contributed by atoms with E-state index in [4.69, 9.17) is 9.47 Å². The molecule has 0 saturated carbocycles. The smallest absolute Gasteiger partial charge is 0.413 e. The van der Waals surface area contributed by atoms with Crippen molar-refractivity contribution in [3.05, 3.63) is 12.2 Å².